The van der Waals surface area contributed by atoms with Crippen LogP contribution >= 0.6 is 0 Å². The Hall–Kier alpha value is -0.530. The van der Waals surface area contributed by atoms with Gasteiger partial charge in [-0.3, -0.25) is 4.79 Å². The molecule has 1 radical (unpaired) electrons. The largest absolute Gasteiger partial charge is 0.351 e. The zero-order valence-corrected chi connectivity index (χ0v) is 7.10. The van der Waals surface area contributed by atoms with Gasteiger partial charge in [-0.25, -0.2) is 0 Å². The lowest BCUT2D eigenvalue weighted by atomic mass is 9.89. The van der Waals surface area contributed by atoms with Crippen LogP contribution in [-0.4, -0.2) is 5.91 Å². The Morgan fingerprint density at radius 2 is 2.00 bits per heavy atom. The molecule has 1 amide bonds. The van der Waals surface area contributed by atoms with Gasteiger partial charge in [0.2, 0.25) is 5.91 Å². The van der Waals surface area contributed by atoms with E-state index in [0.29, 0.717) is 5.92 Å². The minimum absolute atomic E-state index is 0.215. The normalized spacial score (nSPS) is 19.7. The van der Waals surface area contributed by atoms with Crippen molar-refractivity contribution in [3.8, 4) is 0 Å². The van der Waals surface area contributed by atoms with Crippen LogP contribution in [0.15, 0.2) is 0 Å². The highest BCUT2D eigenvalue weighted by Gasteiger charge is 2.19. The highest BCUT2D eigenvalue weighted by molar-refractivity contribution is 5.79. The lowest BCUT2D eigenvalue weighted by Gasteiger charge is -2.19. The molecule has 1 rings (SSSR count). The minimum Gasteiger partial charge on any atom is -0.351 e. The molecule has 2 nitrogen and oxygen atoms in total. The Kier molecular flexibility index (Phi) is 3.40. The monoisotopic (exact) mass is 154 g/mol. The Morgan fingerprint density at radius 1 is 1.36 bits per heavy atom. The van der Waals surface area contributed by atoms with Crippen LogP contribution in [0, 0.1) is 12.5 Å². The van der Waals surface area contributed by atoms with Gasteiger partial charge in [-0.15, -0.1) is 0 Å². The maximum Gasteiger partial charge on any atom is 0.223 e. The predicted octanol–water partition coefficient (Wildman–Crippen LogP) is 1.86. The standard InChI is InChI=1S/C9H16NO/c1-2-10-9(11)8-6-4-3-5-7-8/h2,8H,3-7H2,1H3,(H,10,11). The molecule has 0 bridgehead atoms. The highest BCUT2D eigenvalue weighted by Crippen LogP contribution is 2.23. The Bertz CT molecular complexity index is 128. The lowest BCUT2D eigenvalue weighted by molar-refractivity contribution is -0.125. The summed E-state index contributed by atoms with van der Waals surface area (Å²) >= 11 is 0. The van der Waals surface area contributed by atoms with Gasteiger partial charge in [0.05, 0.1) is 0 Å². The minimum atomic E-state index is 0.215. The average molecular weight is 154 g/mol. The molecule has 0 unspecified atom stereocenters. The molecule has 1 aliphatic rings. The van der Waals surface area contributed by atoms with E-state index < -0.39 is 0 Å². The van der Waals surface area contributed by atoms with Gasteiger partial charge in [0, 0.05) is 12.5 Å². The molecule has 0 aromatic heterocycles. The van der Waals surface area contributed by atoms with Crippen molar-refractivity contribution in [2.24, 2.45) is 5.92 Å². The second-order valence-electron chi connectivity index (χ2n) is 3.13. The van der Waals surface area contributed by atoms with Gasteiger partial charge in [-0.1, -0.05) is 19.3 Å². The molecule has 0 aromatic rings. The van der Waals surface area contributed by atoms with Crippen molar-refractivity contribution in [1.29, 1.82) is 0 Å². The van der Waals surface area contributed by atoms with Crippen molar-refractivity contribution >= 4 is 5.91 Å². The van der Waals surface area contributed by atoms with Crippen molar-refractivity contribution in [2.45, 2.75) is 39.0 Å². The molecule has 0 spiro atoms. The Morgan fingerprint density at radius 3 is 2.55 bits per heavy atom. The molecule has 0 heterocycles. The van der Waals surface area contributed by atoms with Gasteiger partial charge in [-0.2, -0.15) is 0 Å². The topological polar surface area (TPSA) is 29.1 Å². The van der Waals surface area contributed by atoms with Crippen LogP contribution in [0.5, 0.6) is 0 Å². The van der Waals surface area contributed by atoms with Gasteiger partial charge in [0.15, 0.2) is 0 Å². The van der Waals surface area contributed by atoms with E-state index in [4.69, 9.17) is 0 Å². The van der Waals surface area contributed by atoms with Crippen LogP contribution in [0.1, 0.15) is 39.0 Å². The number of hydrogen-bond acceptors (Lipinski definition) is 1. The number of rotatable bonds is 2. The second kappa shape index (κ2) is 4.37. The predicted molar refractivity (Wildman–Crippen MR) is 44.7 cm³/mol. The summed E-state index contributed by atoms with van der Waals surface area (Å²) < 4.78 is 0. The first-order chi connectivity index (χ1) is 5.34. The third-order valence-electron chi connectivity index (χ3n) is 2.26. The first-order valence-electron chi connectivity index (χ1n) is 4.43. The maximum atomic E-state index is 11.3. The summed E-state index contributed by atoms with van der Waals surface area (Å²) in [4.78, 5) is 11.3. The van der Waals surface area contributed by atoms with E-state index in [1.807, 2.05) is 6.92 Å². The fraction of sp³-hybridized carbons (Fsp3) is 0.778. The molecule has 0 atom stereocenters. The zero-order valence-electron chi connectivity index (χ0n) is 7.10. The SMILES string of the molecule is C[CH]NC(=O)C1CCCCC1. The van der Waals surface area contributed by atoms with Crippen molar-refractivity contribution in [3.05, 3.63) is 6.54 Å². The molecule has 1 N–H and O–H groups in total. The summed E-state index contributed by atoms with van der Waals surface area (Å²) in [5.74, 6) is 0.507. The van der Waals surface area contributed by atoms with Gasteiger partial charge in [0.25, 0.3) is 0 Å². The van der Waals surface area contributed by atoms with E-state index >= 15 is 0 Å². The molecular formula is C9H16NO. The fourth-order valence-corrected chi connectivity index (χ4v) is 1.62. The van der Waals surface area contributed by atoms with Crippen LogP contribution in [0.2, 0.25) is 0 Å². The summed E-state index contributed by atoms with van der Waals surface area (Å²) in [6, 6.07) is 0. The number of hydrogen-bond donors (Lipinski definition) is 1. The maximum absolute atomic E-state index is 11.3. The number of carbonyl (C=O) groups is 1. The number of amides is 1. The third kappa shape index (κ3) is 2.52. The molecule has 0 aliphatic heterocycles. The van der Waals surface area contributed by atoms with Gasteiger partial charge in [0.1, 0.15) is 0 Å². The first kappa shape index (κ1) is 8.57. The molecule has 11 heavy (non-hydrogen) atoms. The zero-order chi connectivity index (χ0) is 8.10. The average Bonchev–Trinajstić information content (AvgIpc) is 2.07. The number of carbonyl (C=O) groups excluding carboxylic acids is 1. The fourth-order valence-electron chi connectivity index (χ4n) is 1.62. The quantitative estimate of drug-likeness (QED) is 0.646. The molecule has 1 aliphatic carbocycles. The van der Waals surface area contributed by atoms with E-state index in [1.165, 1.54) is 19.3 Å². The molecule has 0 aromatic carbocycles. The van der Waals surface area contributed by atoms with Crippen LogP contribution in [0.3, 0.4) is 0 Å². The third-order valence-corrected chi connectivity index (χ3v) is 2.26. The molecule has 63 valence electrons. The lowest BCUT2D eigenvalue weighted by Crippen LogP contribution is -2.29. The smallest absolute Gasteiger partial charge is 0.223 e. The van der Waals surface area contributed by atoms with E-state index in [-0.39, 0.29) is 5.91 Å². The molecule has 1 fully saturated rings. The molecular weight excluding hydrogens is 138 g/mol. The van der Waals surface area contributed by atoms with E-state index in [0.717, 1.165) is 12.8 Å². The van der Waals surface area contributed by atoms with Crippen LogP contribution in [-0.2, 0) is 4.79 Å². The summed E-state index contributed by atoms with van der Waals surface area (Å²) in [5.41, 5.74) is 0. The van der Waals surface area contributed by atoms with Crippen LogP contribution in [0.25, 0.3) is 0 Å². The highest BCUT2D eigenvalue weighted by atomic mass is 16.1. The molecule has 1 saturated carbocycles. The van der Waals surface area contributed by atoms with Crippen molar-refractivity contribution < 1.29 is 4.79 Å². The Balaban J connectivity index is 2.27. The summed E-state index contributed by atoms with van der Waals surface area (Å²) in [6.45, 7) is 3.57. The number of nitrogens with one attached hydrogen (secondary N) is 1. The van der Waals surface area contributed by atoms with Gasteiger partial charge < -0.3 is 5.32 Å². The summed E-state index contributed by atoms with van der Waals surface area (Å²) in [7, 11) is 0. The van der Waals surface area contributed by atoms with Gasteiger partial charge >= 0.3 is 0 Å². The van der Waals surface area contributed by atoms with E-state index in [9.17, 15) is 4.79 Å². The van der Waals surface area contributed by atoms with Crippen molar-refractivity contribution in [1.82, 2.24) is 5.32 Å². The van der Waals surface area contributed by atoms with Crippen LogP contribution in [0.4, 0.5) is 0 Å². The van der Waals surface area contributed by atoms with E-state index in [1.54, 1.807) is 6.54 Å². The van der Waals surface area contributed by atoms with Crippen molar-refractivity contribution in [3.63, 3.8) is 0 Å². The van der Waals surface area contributed by atoms with Crippen molar-refractivity contribution in [2.75, 3.05) is 0 Å². The first-order valence-corrected chi connectivity index (χ1v) is 4.43. The Labute approximate surface area is 68.4 Å². The summed E-state index contributed by atoms with van der Waals surface area (Å²) in [6.07, 6.45) is 5.92. The van der Waals surface area contributed by atoms with Crippen LogP contribution < -0.4 is 5.32 Å². The van der Waals surface area contributed by atoms with E-state index in [2.05, 4.69) is 5.32 Å². The van der Waals surface area contributed by atoms with Gasteiger partial charge in [-0.05, 0) is 19.8 Å². The summed E-state index contributed by atoms with van der Waals surface area (Å²) in [5, 5.41) is 2.75. The molecule has 0 saturated heterocycles. The molecule has 2 heteroatoms. The second-order valence-corrected chi connectivity index (χ2v) is 3.13.